The highest BCUT2D eigenvalue weighted by molar-refractivity contribution is 8.19. The van der Waals surface area contributed by atoms with Crippen molar-refractivity contribution < 1.29 is 14.0 Å². The van der Waals surface area contributed by atoms with E-state index in [0.29, 0.717) is 16.3 Å². The molecule has 0 saturated carbocycles. The van der Waals surface area contributed by atoms with Crippen LogP contribution in [0.4, 0.5) is 14.9 Å². The van der Waals surface area contributed by atoms with Crippen LogP contribution in [0, 0.1) is 5.82 Å². The Morgan fingerprint density at radius 1 is 1.00 bits per heavy atom. The van der Waals surface area contributed by atoms with Gasteiger partial charge in [0.05, 0.1) is 20.6 Å². The van der Waals surface area contributed by atoms with Gasteiger partial charge in [0.15, 0.2) is 0 Å². The molecule has 3 rings (SSSR count). The molecule has 116 valence electrons. The number of thioether (sulfide) groups is 1. The molecule has 1 aliphatic heterocycles. The van der Waals surface area contributed by atoms with Gasteiger partial charge in [0.25, 0.3) is 11.1 Å². The molecule has 3 nitrogen and oxygen atoms in total. The summed E-state index contributed by atoms with van der Waals surface area (Å²) in [5.41, 5.74) is 0.982. The normalized spacial score (nSPS) is 16.5. The quantitative estimate of drug-likeness (QED) is 0.669. The fraction of sp³-hybridized carbons (Fsp3) is 0. The van der Waals surface area contributed by atoms with Crippen molar-refractivity contribution >= 4 is 57.9 Å². The third-order valence-electron chi connectivity index (χ3n) is 3.12. The Kier molecular flexibility index (Phi) is 4.43. The summed E-state index contributed by atoms with van der Waals surface area (Å²) in [4.78, 5) is 25.9. The summed E-state index contributed by atoms with van der Waals surface area (Å²) in [5, 5.41) is 0.164. The second kappa shape index (κ2) is 6.35. The molecule has 7 heteroatoms. The molecule has 1 aliphatic rings. The van der Waals surface area contributed by atoms with Crippen LogP contribution in [0.25, 0.3) is 6.08 Å². The first-order valence-electron chi connectivity index (χ1n) is 6.44. The van der Waals surface area contributed by atoms with E-state index in [1.165, 1.54) is 36.4 Å². The minimum Gasteiger partial charge on any atom is -0.268 e. The summed E-state index contributed by atoms with van der Waals surface area (Å²) >= 11 is 12.6. The molecule has 1 fully saturated rings. The Hall–Kier alpha value is -1.82. The van der Waals surface area contributed by atoms with E-state index in [0.717, 1.165) is 16.7 Å². The van der Waals surface area contributed by atoms with Crippen LogP contribution in [0.1, 0.15) is 5.56 Å². The second-order valence-electron chi connectivity index (χ2n) is 4.67. The van der Waals surface area contributed by atoms with Gasteiger partial charge in [-0.1, -0.05) is 35.3 Å². The van der Waals surface area contributed by atoms with Crippen molar-refractivity contribution in [3.8, 4) is 0 Å². The van der Waals surface area contributed by atoms with Crippen molar-refractivity contribution in [2.45, 2.75) is 0 Å². The number of benzene rings is 2. The van der Waals surface area contributed by atoms with Gasteiger partial charge < -0.3 is 0 Å². The van der Waals surface area contributed by atoms with E-state index < -0.39 is 11.1 Å². The molecule has 1 heterocycles. The van der Waals surface area contributed by atoms with Gasteiger partial charge in [-0.05, 0) is 53.7 Å². The molecule has 0 bridgehead atoms. The van der Waals surface area contributed by atoms with Crippen LogP contribution in [0.2, 0.25) is 10.0 Å². The van der Waals surface area contributed by atoms with Crippen LogP contribution >= 0.6 is 35.0 Å². The SMILES string of the molecule is O=C1S/C(=C\c2ccc(F)cc2)C(=O)N1c1ccc(Cl)c(Cl)c1. The first kappa shape index (κ1) is 16.1. The molecule has 2 amide bonds. The topological polar surface area (TPSA) is 37.4 Å². The smallest absolute Gasteiger partial charge is 0.268 e. The van der Waals surface area contributed by atoms with Gasteiger partial charge in [0.2, 0.25) is 0 Å². The number of anilines is 1. The van der Waals surface area contributed by atoms with E-state index in [1.807, 2.05) is 0 Å². The highest BCUT2D eigenvalue weighted by atomic mass is 35.5. The van der Waals surface area contributed by atoms with Gasteiger partial charge in [-0.2, -0.15) is 0 Å². The van der Waals surface area contributed by atoms with Gasteiger partial charge >= 0.3 is 0 Å². The molecule has 0 atom stereocenters. The van der Waals surface area contributed by atoms with E-state index in [4.69, 9.17) is 23.2 Å². The van der Waals surface area contributed by atoms with Gasteiger partial charge in [0.1, 0.15) is 5.82 Å². The van der Waals surface area contributed by atoms with Crippen LogP contribution in [-0.4, -0.2) is 11.1 Å². The second-order valence-corrected chi connectivity index (χ2v) is 6.47. The van der Waals surface area contributed by atoms with Gasteiger partial charge in [-0.25, -0.2) is 9.29 Å². The molecule has 1 saturated heterocycles. The Bertz CT molecular complexity index is 836. The summed E-state index contributed by atoms with van der Waals surface area (Å²) < 4.78 is 12.9. The molecule has 0 aliphatic carbocycles. The minimum absolute atomic E-state index is 0.255. The van der Waals surface area contributed by atoms with Gasteiger partial charge in [-0.15, -0.1) is 0 Å². The molecule has 0 unspecified atom stereocenters. The van der Waals surface area contributed by atoms with Crippen molar-refractivity contribution in [2.75, 3.05) is 4.90 Å². The van der Waals surface area contributed by atoms with Crippen molar-refractivity contribution in [1.82, 2.24) is 0 Å². The van der Waals surface area contributed by atoms with Crippen LogP contribution in [0.15, 0.2) is 47.4 Å². The molecule has 0 N–H and O–H groups in total. The van der Waals surface area contributed by atoms with Crippen molar-refractivity contribution in [2.24, 2.45) is 0 Å². The first-order valence-corrected chi connectivity index (χ1v) is 8.01. The van der Waals surface area contributed by atoms with Crippen molar-refractivity contribution in [3.05, 3.63) is 68.8 Å². The summed E-state index contributed by atoms with van der Waals surface area (Å²) in [6.45, 7) is 0. The fourth-order valence-electron chi connectivity index (χ4n) is 2.02. The maximum absolute atomic E-state index is 12.9. The summed E-state index contributed by atoms with van der Waals surface area (Å²) in [5.74, 6) is -0.825. The van der Waals surface area contributed by atoms with E-state index in [1.54, 1.807) is 12.1 Å². The maximum atomic E-state index is 12.9. The lowest BCUT2D eigenvalue weighted by atomic mass is 10.2. The number of nitrogens with zero attached hydrogens (tertiary/aromatic N) is 1. The summed E-state index contributed by atoms with van der Waals surface area (Å²) in [6.07, 6.45) is 1.54. The molecular formula is C16H8Cl2FNO2S. The van der Waals surface area contributed by atoms with E-state index in [2.05, 4.69) is 0 Å². The molecule has 0 spiro atoms. The molecule has 0 aromatic heterocycles. The predicted molar refractivity (Wildman–Crippen MR) is 91.3 cm³/mol. The Morgan fingerprint density at radius 2 is 1.70 bits per heavy atom. The monoisotopic (exact) mass is 367 g/mol. The number of carbonyl (C=O) groups is 2. The predicted octanol–water partition coefficient (Wildman–Crippen LogP) is 5.37. The van der Waals surface area contributed by atoms with Crippen LogP contribution in [0.5, 0.6) is 0 Å². The van der Waals surface area contributed by atoms with Crippen LogP contribution in [0.3, 0.4) is 0 Å². The van der Waals surface area contributed by atoms with Crippen molar-refractivity contribution in [3.63, 3.8) is 0 Å². The first-order chi connectivity index (χ1) is 11.0. The lowest BCUT2D eigenvalue weighted by molar-refractivity contribution is -0.113. The van der Waals surface area contributed by atoms with Gasteiger partial charge in [0, 0.05) is 0 Å². The molecule has 0 radical (unpaired) electrons. The number of halogens is 3. The maximum Gasteiger partial charge on any atom is 0.298 e. The Balaban J connectivity index is 1.93. The molecule has 23 heavy (non-hydrogen) atoms. The van der Waals surface area contributed by atoms with E-state index >= 15 is 0 Å². The fourth-order valence-corrected chi connectivity index (χ4v) is 3.16. The van der Waals surface area contributed by atoms with Crippen LogP contribution in [-0.2, 0) is 4.79 Å². The number of carbonyl (C=O) groups excluding carboxylic acids is 2. The lowest BCUT2D eigenvalue weighted by Crippen LogP contribution is -2.27. The Labute approximate surface area is 145 Å². The molecule has 2 aromatic rings. The number of hydrogen-bond donors (Lipinski definition) is 0. The zero-order chi connectivity index (χ0) is 16.6. The van der Waals surface area contributed by atoms with Crippen molar-refractivity contribution in [1.29, 1.82) is 0 Å². The van der Waals surface area contributed by atoms with Gasteiger partial charge in [-0.3, -0.25) is 9.59 Å². The standard InChI is InChI=1S/C16H8Cl2FNO2S/c17-12-6-5-11(8-13(12)18)20-15(21)14(23-16(20)22)7-9-1-3-10(19)4-2-9/h1-8H/b14-7-. The average Bonchev–Trinajstić information content (AvgIpc) is 2.79. The summed E-state index contributed by atoms with van der Waals surface area (Å²) in [7, 11) is 0. The zero-order valence-electron chi connectivity index (χ0n) is 11.4. The third kappa shape index (κ3) is 3.27. The summed E-state index contributed by atoms with van der Waals surface area (Å²) in [6, 6.07) is 10.2. The number of amides is 2. The lowest BCUT2D eigenvalue weighted by Gasteiger charge is -2.13. The molecular weight excluding hydrogens is 360 g/mol. The van der Waals surface area contributed by atoms with E-state index in [9.17, 15) is 14.0 Å². The van der Waals surface area contributed by atoms with Crippen LogP contribution < -0.4 is 4.90 Å². The minimum atomic E-state index is -0.456. The zero-order valence-corrected chi connectivity index (χ0v) is 13.8. The molecule has 2 aromatic carbocycles. The average molecular weight is 368 g/mol. The highest BCUT2D eigenvalue weighted by Gasteiger charge is 2.36. The van der Waals surface area contributed by atoms with E-state index in [-0.39, 0.29) is 15.7 Å². The highest BCUT2D eigenvalue weighted by Crippen LogP contribution is 2.37. The third-order valence-corrected chi connectivity index (χ3v) is 4.73. The number of hydrogen-bond acceptors (Lipinski definition) is 3. The number of imide groups is 1. The Morgan fingerprint density at radius 3 is 2.35 bits per heavy atom. The largest absolute Gasteiger partial charge is 0.298 e. The number of rotatable bonds is 2.